The Labute approximate surface area is 183 Å². The van der Waals surface area contributed by atoms with Gasteiger partial charge < -0.3 is 20.3 Å². The van der Waals surface area contributed by atoms with Gasteiger partial charge >= 0.3 is 0 Å². The number of ether oxygens (including phenoxy) is 1. The summed E-state index contributed by atoms with van der Waals surface area (Å²) in [5, 5.41) is 9.04. The van der Waals surface area contributed by atoms with Crippen molar-refractivity contribution in [2.24, 2.45) is 16.3 Å². The lowest BCUT2D eigenvalue weighted by Gasteiger charge is -2.60. The molecule has 2 fully saturated rings. The van der Waals surface area contributed by atoms with E-state index >= 15 is 0 Å². The number of aliphatic imine (C=N–C) groups is 1. The van der Waals surface area contributed by atoms with E-state index in [1.807, 2.05) is 6.07 Å². The highest BCUT2D eigenvalue weighted by Gasteiger charge is 2.58. The number of hydrogen-bond acceptors (Lipinski definition) is 4. The molecule has 0 aromatic carbocycles. The van der Waals surface area contributed by atoms with Gasteiger partial charge in [-0.3, -0.25) is 4.79 Å². The van der Waals surface area contributed by atoms with Crippen LogP contribution in [0.3, 0.4) is 0 Å². The summed E-state index contributed by atoms with van der Waals surface area (Å²) in [5.41, 5.74) is 0.0576. The molecule has 1 amide bonds. The standard InChI is InChI=1S/C19H30N4O2S.HI/c1-19(2)16(14-8-5-9-25-17(14)19)22-18(21-12-15(24)23(3)4)20-11-13-7-6-10-26-13;/h6-7,10,14,16-17H,5,8-9,11-12H2,1-4H3,(H2,20,21,22);1H. The molecular weight excluding hydrogens is 475 g/mol. The third-order valence-electron chi connectivity index (χ3n) is 5.50. The van der Waals surface area contributed by atoms with Crippen molar-refractivity contribution in [2.45, 2.75) is 45.4 Å². The monoisotopic (exact) mass is 506 g/mol. The average Bonchev–Trinajstić information content (AvgIpc) is 3.14. The molecule has 152 valence electrons. The highest BCUT2D eigenvalue weighted by molar-refractivity contribution is 14.0. The molecule has 2 N–H and O–H groups in total. The molecule has 27 heavy (non-hydrogen) atoms. The SMILES string of the molecule is CN(C)C(=O)CN=C(NCc1cccs1)NC1C2CCCOC2C1(C)C.I. The maximum atomic E-state index is 12.0. The molecule has 0 radical (unpaired) electrons. The average molecular weight is 506 g/mol. The van der Waals surface area contributed by atoms with Crippen LogP contribution in [0.4, 0.5) is 0 Å². The molecule has 3 atom stereocenters. The zero-order valence-electron chi connectivity index (χ0n) is 16.5. The van der Waals surface area contributed by atoms with Crippen molar-refractivity contribution in [1.82, 2.24) is 15.5 Å². The molecule has 2 heterocycles. The molecule has 1 saturated carbocycles. The number of thiophene rings is 1. The second-order valence-electron chi connectivity index (χ2n) is 7.93. The van der Waals surface area contributed by atoms with Crippen LogP contribution < -0.4 is 10.6 Å². The third-order valence-corrected chi connectivity index (χ3v) is 6.38. The fourth-order valence-corrected chi connectivity index (χ4v) is 4.63. The number of likely N-dealkylation sites (N-methyl/N-ethyl adjacent to an activating group) is 1. The Morgan fingerprint density at radius 1 is 1.44 bits per heavy atom. The number of amides is 1. The van der Waals surface area contributed by atoms with Gasteiger partial charge in [-0.05, 0) is 24.3 Å². The summed E-state index contributed by atoms with van der Waals surface area (Å²) in [5.74, 6) is 1.21. The van der Waals surface area contributed by atoms with Crippen molar-refractivity contribution in [3.63, 3.8) is 0 Å². The van der Waals surface area contributed by atoms with E-state index in [0.717, 1.165) is 13.0 Å². The Balaban J connectivity index is 0.00000261. The Kier molecular flexibility index (Phi) is 7.94. The van der Waals surface area contributed by atoms with E-state index in [0.29, 0.717) is 30.6 Å². The number of carbonyl (C=O) groups excluding carboxylic acids is 1. The molecule has 1 aliphatic carbocycles. The first-order valence-electron chi connectivity index (χ1n) is 9.28. The van der Waals surface area contributed by atoms with Gasteiger partial charge in [0.15, 0.2) is 5.96 Å². The van der Waals surface area contributed by atoms with Crippen LogP contribution in [0.25, 0.3) is 0 Å². The predicted octanol–water partition coefficient (Wildman–Crippen LogP) is 2.69. The quantitative estimate of drug-likeness (QED) is 0.366. The van der Waals surface area contributed by atoms with Crippen molar-refractivity contribution < 1.29 is 9.53 Å². The molecule has 6 nitrogen and oxygen atoms in total. The zero-order chi connectivity index (χ0) is 18.7. The van der Waals surface area contributed by atoms with Crippen LogP contribution in [-0.4, -0.2) is 56.2 Å². The second kappa shape index (κ2) is 9.56. The van der Waals surface area contributed by atoms with Crippen LogP contribution in [0.5, 0.6) is 0 Å². The molecule has 2 aliphatic rings. The summed E-state index contributed by atoms with van der Waals surface area (Å²) in [6.07, 6.45) is 2.61. The van der Waals surface area contributed by atoms with Gasteiger partial charge in [0.25, 0.3) is 0 Å². The third kappa shape index (κ3) is 5.14. The van der Waals surface area contributed by atoms with Gasteiger partial charge in [-0.25, -0.2) is 4.99 Å². The van der Waals surface area contributed by atoms with Gasteiger partial charge in [0.05, 0.1) is 12.6 Å². The number of hydrogen-bond donors (Lipinski definition) is 2. The molecular formula is C19H31IN4O2S. The Morgan fingerprint density at radius 3 is 2.89 bits per heavy atom. The van der Waals surface area contributed by atoms with Crippen molar-refractivity contribution in [3.8, 4) is 0 Å². The molecule has 1 aromatic rings. The maximum absolute atomic E-state index is 12.0. The number of guanidine groups is 1. The van der Waals surface area contributed by atoms with Crippen molar-refractivity contribution >= 4 is 47.2 Å². The predicted molar refractivity (Wildman–Crippen MR) is 121 cm³/mol. The second-order valence-corrected chi connectivity index (χ2v) is 8.96. The molecule has 3 unspecified atom stereocenters. The van der Waals surface area contributed by atoms with Crippen LogP contribution in [0, 0.1) is 11.3 Å². The van der Waals surface area contributed by atoms with Crippen molar-refractivity contribution in [3.05, 3.63) is 22.4 Å². The molecule has 1 aliphatic heterocycles. The van der Waals surface area contributed by atoms with E-state index in [9.17, 15) is 4.79 Å². The molecule has 0 spiro atoms. The summed E-state index contributed by atoms with van der Waals surface area (Å²) in [6, 6.07) is 4.44. The number of nitrogens with zero attached hydrogens (tertiary/aromatic N) is 2. The summed E-state index contributed by atoms with van der Waals surface area (Å²) < 4.78 is 5.99. The lowest BCUT2D eigenvalue weighted by molar-refractivity contribution is -0.188. The van der Waals surface area contributed by atoms with Gasteiger partial charge in [-0.15, -0.1) is 35.3 Å². The minimum atomic E-state index is -0.00558. The molecule has 1 aromatic heterocycles. The summed E-state index contributed by atoms with van der Waals surface area (Å²) in [6.45, 7) is 6.21. The molecule has 0 bridgehead atoms. The number of halogens is 1. The van der Waals surface area contributed by atoms with Gasteiger partial charge in [0.1, 0.15) is 6.54 Å². The topological polar surface area (TPSA) is 66.0 Å². The van der Waals surface area contributed by atoms with E-state index in [1.54, 1.807) is 30.3 Å². The minimum absolute atomic E-state index is 0. The van der Waals surface area contributed by atoms with E-state index in [1.165, 1.54) is 11.3 Å². The maximum Gasteiger partial charge on any atom is 0.243 e. The van der Waals surface area contributed by atoms with Crippen LogP contribution >= 0.6 is 35.3 Å². The fourth-order valence-electron chi connectivity index (χ4n) is 3.99. The number of nitrogens with one attached hydrogen (secondary N) is 2. The van der Waals surface area contributed by atoms with Gasteiger partial charge in [-0.1, -0.05) is 19.9 Å². The van der Waals surface area contributed by atoms with E-state index in [-0.39, 0.29) is 41.8 Å². The van der Waals surface area contributed by atoms with Gasteiger partial charge in [-0.2, -0.15) is 0 Å². The molecule has 3 rings (SSSR count). The van der Waals surface area contributed by atoms with E-state index in [2.05, 4.69) is 40.9 Å². The van der Waals surface area contributed by atoms with Crippen LogP contribution in [0.2, 0.25) is 0 Å². The first-order valence-corrected chi connectivity index (χ1v) is 10.2. The molecule has 8 heteroatoms. The highest BCUT2D eigenvalue weighted by Crippen LogP contribution is 2.51. The normalized spacial score (nSPS) is 26.2. The lowest BCUT2D eigenvalue weighted by atomic mass is 9.55. The largest absolute Gasteiger partial charge is 0.377 e. The Morgan fingerprint density at radius 2 is 2.22 bits per heavy atom. The lowest BCUT2D eigenvalue weighted by Crippen LogP contribution is -2.71. The smallest absolute Gasteiger partial charge is 0.243 e. The Hall–Kier alpha value is -0.870. The van der Waals surface area contributed by atoms with E-state index in [4.69, 9.17) is 4.74 Å². The highest BCUT2D eigenvalue weighted by atomic mass is 127. The van der Waals surface area contributed by atoms with Gasteiger partial charge in [0.2, 0.25) is 5.91 Å². The Bertz CT molecular complexity index is 648. The summed E-state index contributed by atoms with van der Waals surface area (Å²) >= 11 is 1.71. The van der Waals surface area contributed by atoms with Crippen molar-refractivity contribution in [2.75, 3.05) is 27.2 Å². The van der Waals surface area contributed by atoms with Crippen molar-refractivity contribution in [1.29, 1.82) is 0 Å². The zero-order valence-corrected chi connectivity index (χ0v) is 19.7. The molecule has 1 saturated heterocycles. The summed E-state index contributed by atoms with van der Waals surface area (Å²) in [7, 11) is 3.51. The number of rotatable bonds is 5. The fraction of sp³-hybridized carbons (Fsp3) is 0.684. The van der Waals surface area contributed by atoms with E-state index < -0.39 is 0 Å². The van der Waals surface area contributed by atoms with Crippen LogP contribution in [0.15, 0.2) is 22.5 Å². The number of fused-ring (bicyclic) bond motifs is 1. The number of carbonyl (C=O) groups is 1. The summed E-state index contributed by atoms with van der Waals surface area (Å²) in [4.78, 5) is 19.3. The van der Waals surface area contributed by atoms with Crippen LogP contribution in [0.1, 0.15) is 31.6 Å². The first-order chi connectivity index (χ1) is 12.4. The van der Waals surface area contributed by atoms with Crippen LogP contribution in [-0.2, 0) is 16.1 Å². The first kappa shape index (κ1) is 22.4. The minimum Gasteiger partial charge on any atom is -0.377 e. The van der Waals surface area contributed by atoms with Gasteiger partial charge in [0, 0.05) is 43.0 Å².